The molecule has 0 aliphatic carbocycles. The van der Waals surface area contributed by atoms with Gasteiger partial charge in [-0.1, -0.05) is 12.1 Å². The van der Waals surface area contributed by atoms with Crippen molar-refractivity contribution >= 4 is 32.5 Å². The van der Waals surface area contributed by atoms with E-state index in [9.17, 15) is 0 Å². The number of halogens is 1. The Labute approximate surface area is 128 Å². The van der Waals surface area contributed by atoms with Gasteiger partial charge in [-0.15, -0.1) is 5.10 Å². The van der Waals surface area contributed by atoms with Crippen molar-refractivity contribution in [1.29, 1.82) is 0 Å². The van der Waals surface area contributed by atoms with Crippen LogP contribution in [0.5, 0.6) is 0 Å². The van der Waals surface area contributed by atoms with Gasteiger partial charge in [0.1, 0.15) is 12.4 Å². The van der Waals surface area contributed by atoms with Crippen molar-refractivity contribution in [3.05, 3.63) is 53.3 Å². The number of benzene rings is 1. The quantitative estimate of drug-likeness (QED) is 0.562. The van der Waals surface area contributed by atoms with Crippen LogP contribution in [0.25, 0.3) is 16.6 Å². The third-order valence-corrected chi connectivity index (χ3v) is 3.85. The van der Waals surface area contributed by atoms with Crippen LogP contribution in [-0.2, 0) is 0 Å². The third kappa shape index (κ3) is 2.01. The monoisotopic (exact) mass is 342 g/mol. The highest BCUT2D eigenvalue weighted by atomic mass is 79.9. The summed E-state index contributed by atoms with van der Waals surface area (Å²) in [6, 6.07) is 7.87. The van der Waals surface area contributed by atoms with Crippen LogP contribution < -0.4 is 0 Å². The van der Waals surface area contributed by atoms with Crippen molar-refractivity contribution in [3.8, 4) is 0 Å². The van der Waals surface area contributed by atoms with E-state index in [4.69, 9.17) is 0 Å². The van der Waals surface area contributed by atoms with Crippen molar-refractivity contribution in [2.75, 3.05) is 0 Å². The molecule has 0 aliphatic rings. The Morgan fingerprint density at radius 1 is 1.24 bits per heavy atom. The van der Waals surface area contributed by atoms with E-state index in [-0.39, 0.29) is 6.04 Å². The first-order valence-electron chi connectivity index (χ1n) is 6.52. The predicted octanol–water partition coefficient (Wildman–Crippen LogP) is 2.85. The summed E-state index contributed by atoms with van der Waals surface area (Å²) in [5.41, 5.74) is 1.73. The Balaban J connectivity index is 1.88. The van der Waals surface area contributed by atoms with E-state index < -0.39 is 0 Å². The molecule has 1 unspecified atom stereocenters. The zero-order chi connectivity index (χ0) is 14.4. The van der Waals surface area contributed by atoms with E-state index in [0.29, 0.717) is 5.82 Å². The lowest BCUT2D eigenvalue weighted by atomic mass is 10.2. The van der Waals surface area contributed by atoms with Gasteiger partial charge in [0, 0.05) is 11.6 Å². The molecule has 3 aromatic heterocycles. The lowest BCUT2D eigenvalue weighted by Crippen LogP contribution is -2.09. The molecule has 4 rings (SSSR count). The van der Waals surface area contributed by atoms with Crippen LogP contribution in [0.1, 0.15) is 18.8 Å². The zero-order valence-corrected chi connectivity index (χ0v) is 12.8. The summed E-state index contributed by atoms with van der Waals surface area (Å²) in [4.78, 5) is 9.05. The fourth-order valence-corrected chi connectivity index (χ4v) is 2.62. The lowest BCUT2D eigenvalue weighted by molar-refractivity contribution is 0.536. The highest BCUT2D eigenvalue weighted by molar-refractivity contribution is 9.10. The SMILES string of the molecule is CC(c1nc2c3ccccc3ncn2n1)n1cc(Br)cn1. The van der Waals surface area contributed by atoms with E-state index >= 15 is 0 Å². The van der Waals surface area contributed by atoms with Crippen LogP contribution in [0.3, 0.4) is 0 Å². The molecule has 0 bridgehead atoms. The van der Waals surface area contributed by atoms with Crippen LogP contribution >= 0.6 is 15.9 Å². The second kappa shape index (κ2) is 4.63. The average molecular weight is 343 g/mol. The Morgan fingerprint density at radius 2 is 2.10 bits per heavy atom. The van der Waals surface area contributed by atoms with E-state index in [0.717, 1.165) is 21.0 Å². The number of hydrogen-bond donors (Lipinski definition) is 0. The zero-order valence-electron chi connectivity index (χ0n) is 11.2. The molecule has 104 valence electrons. The molecule has 6 nitrogen and oxygen atoms in total. The van der Waals surface area contributed by atoms with Gasteiger partial charge >= 0.3 is 0 Å². The van der Waals surface area contributed by atoms with E-state index in [1.54, 1.807) is 17.0 Å². The van der Waals surface area contributed by atoms with Gasteiger partial charge in [-0.25, -0.2) is 14.5 Å². The van der Waals surface area contributed by atoms with Gasteiger partial charge in [-0.05, 0) is 35.0 Å². The molecule has 0 radical (unpaired) electrons. The van der Waals surface area contributed by atoms with Gasteiger partial charge in [0.25, 0.3) is 0 Å². The summed E-state index contributed by atoms with van der Waals surface area (Å²) in [7, 11) is 0. The number of nitrogens with zero attached hydrogens (tertiary/aromatic N) is 6. The van der Waals surface area contributed by atoms with Crippen LogP contribution in [0.4, 0.5) is 0 Å². The maximum atomic E-state index is 4.66. The molecule has 1 aromatic carbocycles. The van der Waals surface area contributed by atoms with E-state index in [1.807, 2.05) is 42.1 Å². The number of rotatable bonds is 2. The normalized spacial score (nSPS) is 13.0. The maximum Gasteiger partial charge on any atom is 0.176 e. The Bertz CT molecular complexity index is 941. The van der Waals surface area contributed by atoms with Crippen LogP contribution in [0.15, 0.2) is 47.5 Å². The molecule has 1 atom stereocenters. The minimum absolute atomic E-state index is 0.0463. The molecule has 0 fully saturated rings. The van der Waals surface area contributed by atoms with E-state index in [1.165, 1.54) is 0 Å². The maximum absolute atomic E-state index is 4.66. The number of fused-ring (bicyclic) bond motifs is 3. The van der Waals surface area contributed by atoms with Crippen LogP contribution in [-0.4, -0.2) is 29.4 Å². The predicted molar refractivity (Wildman–Crippen MR) is 82.0 cm³/mol. The Kier molecular flexibility index (Phi) is 2.75. The minimum atomic E-state index is -0.0463. The summed E-state index contributed by atoms with van der Waals surface area (Å²) >= 11 is 3.40. The molecular formula is C14H11BrN6. The summed E-state index contributed by atoms with van der Waals surface area (Å²) in [6.07, 6.45) is 5.36. The van der Waals surface area contributed by atoms with Crippen molar-refractivity contribution in [2.45, 2.75) is 13.0 Å². The fraction of sp³-hybridized carbons (Fsp3) is 0.143. The van der Waals surface area contributed by atoms with Gasteiger partial charge in [0.05, 0.1) is 16.2 Å². The van der Waals surface area contributed by atoms with E-state index in [2.05, 4.69) is 36.1 Å². The van der Waals surface area contributed by atoms with Crippen molar-refractivity contribution < 1.29 is 0 Å². The van der Waals surface area contributed by atoms with Gasteiger partial charge in [0.15, 0.2) is 11.5 Å². The molecule has 0 amide bonds. The largest absolute Gasteiger partial charge is 0.261 e. The summed E-state index contributed by atoms with van der Waals surface area (Å²) in [5.74, 6) is 0.712. The van der Waals surface area contributed by atoms with Crippen LogP contribution in [0.2, 0.25) is 0 Å². The summed E-state index contributed by atoms with van der Waals surface area (Å²) in [6.45, 7) is 2.02. The first kappa shape index (κ1) is 12.5. The Hall–Kier alpha value is -2.28. The number of aromatic nitrogens is 6. The number of hydrogen-bond acceptors (Lipinski definition) is 4. The molecule has 4 aromatic rings. The van der Waals surface area contributed by atoms with Crippen molar-refractivity contribution in [3.63, 3.8) is 0 Å². The highest BCUT2D eigenvalue weighted by Crippen LogP contribution is 2.20. The van der Waals surface area contributed by atoms with Crippen LogP contribution in [0, 0.1) is 0 Å². The molecule has 0 spiro atoms. The third-order valence-electron chi connectivity index (χ3n) is 3.44. The summed E-state index contributed by atoms with van der Waals surface area (Å²) < 4.78 is 4.48. The lowest BCUT2D eigenvalue weighted by Gasteiger charge is -2.06. The first-order chi connectivity index (χ1) is 10.2. The second-order valence-corrected chi connectivity index (χ2v) is 5.73. The summed E-state index contributed by atoms with van der Waals surface area (Å²) in [5, 5.41) is 9.80. The standard InChI is InChI=1S/C14H11BrN6/c1-9(20-7-10(15)6-17-20)13-18-14-11-4-2-3-5-12(11)16-8-21(14)19-13/h2-9H,1H3. The minimum Gasteiger partial charge on any atom is -0.261 e. The molecule has 0 aliphatic heterocycles. The van der Waals surface area contributed by atoms with Gasteiger partial charge in [0.2, 0.25) is 0 Å². The molecule has 0 N–H and O–H groups in total. The smallest absolute Gasteiger partial charge is 0.176 e. The second-order valence-electron chi connectivity index (χ2n) is 4.81. The fourth-order valence-electron chi connectivity index (χ4n) is 2.32. The molecule has 7 heteroatoms. The topological polar surface area (TPSA) is 60.9 Å². The number of para-hydroxylation sites is 1. The molecular weight excluding hydrogens is 332 g/mol. The molecule has 0 saturated carbocycles. The highest BCUT2D eigenvalue weighted by Gasteiger charge is 2.16. The molecule has 3 heterocycles. The average Bonchev–Trinajstić information content (AvgIpc) is 3.12. The first-order valence-corrected chi connectivity index (χ1v) is 7.31. The molecule has 0 saturated heterocycles. The van der Waals surface area contributed by atoms with Gasteiger partial charge in [-0.3, -0.25) is 4.68 Å². The van der Waals surface area contributed by atoms with Crippen molar-refractivity contribution in [2.24, 2.45) is 0 Å². The molecule has 21 heavy (non-hydrogen) atoms. The van der Waals surface area contributed by atoms with Gasteiger partial charge < -0.3 is 0 Å². The Morgan fingerprint density at radius 3 is 2.90 bits per heavy atom. The van der Waals surface area contributed by atoms with Crippen molar-refractivity contribution in [1.82, 2.24) is 29.4 Å². The van der Waals surface area contributed by atoms with Gasteiger partial charge in [-0.2, -0.15) is 5.10 Å².